The zero-order valence-electron chi connectivity index (χ0n) is 17.8. The van der Waals surface area contributed by atoms with Crippen LogP contribution in [0.5, 0.6) is 0 Å². The number of likely N-dealkylation sites (tertiary alicyclic amines) is 1. The molecular weight excluding hydrogens is 410 g/mol. The summed E-state index contributed by atoms with van der Waals surface area (Å²) >= 11 is 1.46. The van der Waals surface area contributed by atoms with E-state index >= 15 is 0 Å². The highest BCUT2D eigenvalue weighted by Crippen LogP contribution is 2.31. The fourth-order valence-corrected chi connectivity index (χ4v) is 5.05. The van der Waals surface area contributed by atoms with Crippen molar-refractivity contribution in [2.24, 2.45) is 11.8 Å². The predicted molar refractivity (Wildman–Crippen MR) is 121 cm³/mol. The van der Waals surface area contributed by atoms with Crippen molar-refractivity contribution < 1.29 is 14.0 Å². The van der Waals surface area contributed by atoms with E-state index in [0.29, 0.717) is 24.5 Å². The number of amides is 2. The number of thiazole rings is 1. The fourth-order valence-electron chi connectivity index (χ4n) is 4.01. The molecule has 6 nitrogen and oxygen atoms in total. The summed E-state index contributed by atoms with van der Waals surface area (Å²) in [4.78, 5) is 32.9. The van der Waals surface area contributed by atoms with Crippen LogP contribution in [0.15, 0.2) is 53.1 Å². The molecule has 2 aromatic heterocycles. The Kier molecular flexibility index (Phi) is 6.51. The van der Waals surface area contributed by atoms with Gasteiger partial charge in [0, 0.05) is 24.6 Å². The second-order valence-corrected chi connectivity index (χ2v) is 9.01. The number of aryl methyl sites for hydroxylation is 1. The molecule has 1 atom stereocenters. The van der Waals surface area contributed by atoms with Gasteiger partial charge in [-0.15, -0.1) is 11.3 Å². The van der Waals surface area contributed by atoms with Crippen molar-refractivity contribution in [2.45, 2.75) is 33.2 Å². The van der Waals surface area contributed by atoms with Crippen LogP contribution < -0.4 is 5.32 Å². The summed E-state index contributed by atoms with van der Waals surface area (Å²) in [5.41, 5.74) is 1.81. The highest BCUT2D eigenvalue weighted by Gasteiger charge is 2.31. The molecule has 1 aliphatic heterocycles. The average molecular weight is 438 g/mol. The van der Waals surface area contributed by atoms with E-state index in [1.165, 1.54) is 11.3 Å². The fraction of sp³-hybridized carbons (Fsp3) is 0.375. The third-order valence-electron chi connectivity index (χ3n) is 5.98. The van der Waals surface area contributed by atoms with Gasteiger partial charge in [0.2, 0.25) is 5.91 Å². The SMILES string of the molecule is Cc1nc(-c2ccccc2)sc1C(=O)N1CCC([C@@H](C)C(=O)NCc2ccco2)CC1. The summed E-state index contributed by atoms with van der Waals surface area (Å²) in [5.74, 6) is 0.999. The molecule has 2 amide bonds. The van der Waals surface area contributed by atoms with Gasteiger partial charge in [0.1, 0.15) is 15.6 Å². The van der Waals surface area contributed by atoms with Crippen LogP contribution >= 0.6 is 11.3 Å². The molecule has 4 rings (SSSR count). The Balaban J connectivity index is 1.32. The lowest BCUT2D eigenvalue weighted by atomic mass is 9.85. The number of carbonyl (C=O) groups excluding carboxylic acids is 2. The predicted octanol–water partition coefficient (Wildman–Crippen LogP) is 4.52. The van der Waals surface area contributed by atoms with Crippen LogP contribution in [0.3, 0.4) is 0 Å². The van der Waals surface area contributed by atoms with Gasteiger partial charge in [-0.05, 0) is 37.8 Å². The minimum atomic E-state index is -0.0953. The number of hydrogen-bond acceptors (Lipinski definition) is 5. The highest BCUT2D eigenvalue weighted by molar-refractivity contribution is 7.17. The summed E-state index contributed by atoms with van der Waals surface area (Å²) in [5, 5.41) is 3.82. The van der Waals surface area contributed by atoms with Gasteiger partial charge in [0.25, 0.3) is 5.91 Å². The molecule has 3 heterocycles. The van der Waals surface area contributed by atoms with Crippen LogP contribution in [-0.2, 0) is 11.3 Å². The Morgan fingerprint density at radius 3 is 2.61 bits per heavy atom. The number of piperidine rings is 1. The second kappa shape index (κ2) is 9.47. The molecule has 1 aliphatic rings. The Bertz CT molecular complexity index is 1020. The molecule has 7 heteroatoms. The van der Waals surface area contributed by atoms with Crippen LogP contribution in [0.4, 0.5) is 0 Å². The number of furan rings is 1. The number of nitrogens with one attached hydrogen (secondary N) is 1. The van der Waals surface area contributed by atoms with Crippen LogP contribution in [0.25, 0.3) is 10.6 Å². The van der Waals surface area contributed by atoms with Crippen molar-refractivity contribution >= 4 is 23.2 Å². The monoisotopic (exact) mass is 437 g/mol. The van der Waals surface area contributed by atoms with E-state index in [9.17, 15) is 9.59 Å². The molecule has 0 spiro atoms. The summed E-state index contributed by atoms with van der Waals surface area (Å²) in [7, 11) is 0. The first-order valence-corrected chi connectivity index (χ1v) is 11.5. The number of aromatic nitrogens is 1. The van der Waals surface area contributed by atoms with Crippen LogP contribution in [0.2, 0.25) is 0 Å². The number of benzene rings is 1. The van der Waals surface area contributed by atoms with Gasteiger partial charge in [0.15, 0.2) is 0 Å². The topological polar surface area (TPSA) is 75.4 Å². The van der Waals surface area contributed by atoms with Crippen molar-refractivity contribution in [3.63, 3.8) is 0 Å². The average Bonchev–Trinajstić information content (AvgIpc) is 3.47. The smallest absolute Gasteiger partial charge is 0.265 e. The first-order chi connectivity index (χ1) is 15.0. The van der Waals surface area contributed by atoms with Crippen LogP contribution in [-0.4, -0.2) is 34.8 Å². The quantitative estimate of drug-likeness (QED) is 0.615. The Labute approximate surface area is 186 Å². The third-order valence-corrected chi connectivity index (χ3v) is 7.17. The molecule has 0 saturated carbocycles. The first-order valence-electron chi connectivity index (χ1n) is 10.6. The molecule has 1 fully saturated rings. The normalized spacial score (nSPS) is 15.6. The van der Waals surface area contributed by atoms with Gasteiger partial charge < -0.3 is 14.6 Å². The maximum Gasteiger partial charge on any atom is 0.265 e. The van der Waals surface area contributed by atoms with Gasteiger partial charge in [0.05, 0.1) is 18.5 Å². The number of nitrogens with zero attached hydrogens (tertiary/aromatic N) is 2. The van der Waals surface area contributed by atoms with E-state index in [1.807, 2.05) is 61.2 Å². The molecule has 0 unspecified atom stereocenters. The highest BCUT2D eigenvalue weighted by atomic mass is 32.1. The van der Waals surface area contributed by atoms with Crippen molar-refractivity contribution in [1.82, 2.24) is 15.2 Å². The minimum Gasteiger partial charge on any atom is -0.467 e. The van der Waals surface area contributed by atoms with Crippen molar-refractivity contribution in [2.75, 3.05) is 13.1 Å². The number of carbonyl (C=O) groups is 2. The van der Waals surface area contributed by atoms with Crippen molar-refractivity contribution in [1.29, 1.82) is 0 Å². The molecule has 31 heavy (non-hydrogen) atoms. The maximum atomic E-state index is 13.1. The van der Waals surface area contributed by atoms with Gasteiger partial charge in [-0.1, -0.05) is 37.3 Å². The minimum absolute atomic E-state index is 0.0342. The van der Waals surface area contributed by atoms with E-state index < -0.39 is 0 Å². The van der Waals surface area contributed by atoms with Gasteiger partial charge >= 0.3 is 0 Å². The Hall–Kier alpha value is -2.93. The standard InChI is InChI=1S/C24H27N3O3S/c1-16(22(28)25-15-20-9-6-14-30-20)18-10-12-27(13-11-18)24(29)21-17(2)26-23(31-21)19-7-4-3-5-8-19/h3-9,14,16,18H,10-13,15H2,1-2H3,(H,25,28)/t16-/m1/s1. The molecular formula is C24H27N3O3S. The molecule has 1 aromatic carbocycles. The summed E-state index contributed by atoms with van der Waals surface area (Å²) in [6.07, 6.45) is 3.25. The van der Waals surface area contributed by atoms with E-state index in [0.717, 1.165) is 34.9 Å². The van der Waals surface area contributed by atoms with E-state index in [1.54, 1.807) is 6.26 Å². The molecule has 162 valence electrons. The van der Waals surface area contributed by atoms with Crippen LogP contribution in [0, 0.1) is 18.8 Å². The third kappa shape index (κ3) is 4.88. The molecule has 1 saturated heterocycles. The van der Waals surface area contributed by atoms with Gasteiger partial charge in [-0.25, -0.2) is 4.98 Å². The van der Waals surface area contributed by atoms with Crippen LogP contribution in [0.1, 0.15) is 40.9 Å². The summed E-state index contributed by atoms with van der Waals surface area (Å²) in [6, 6.07) is 13.6. The molecule has 0 radical (unpaired) electrons. The van der Waals surface area contributed by atoms with E-state index in [-0.39, 0.29) is 23.7 Å². The number of rotatable bonds is 6. The van der Waals surface area contributed by atoms with E-state index in [2.05, 4.69) is 10.3 Å². The Morgan fingerprint density at radius 1 is 1.19 bits per heavy atom. The van der Waals surface area contributed by atoms with Crippen molar-refractivity contribution in [3.05, 3.63) is 65.1 Å². The lowest BCUT2D eigenvalue weighted by Crippen LogP contribution is -2.42. The largest absolute Gasteiger partial charge is 0.467 e. The molecule has 0 bridgehead atoms. The van der Waals surface area contributed by atoms with Gasteiger partial charge in [-0.3, -0.25) is 9.59 Å². The second-order valence-electron chi connectivity index (χ2n) is 8.02. The first kappa shape index (κ1) is 21.3. The molecule has 0 aliphatic carbocycles. The maximum absolute atomic E-state index is 13.1. The lowest BCUT2D eigenvalue weighted by molar-refractivity contribution is -0.126. The van der Waals surface area contributed by atoms with E-state index in [4.69, 9.17) is 4.42 Å². The summed E-state index contributed by atoms with van der Waals surface area (Å²) < 4.78 is 5.27. The zero-order chi connectivity index (χ0) is 21.8. The molecule has 3 aromatic rings. The number of hydrogen-bond donors (Lipinski definition) is 1. The van der Waals surface area contributed by atoms with Gasteiger partial charge in [-0.2, -0.15) is 0 Å². The van der Waals surface area contributed by atoms with Crippen molar-refractivity contribution in [3.8, 4) is 10.6 Å². The molecule has 1 N–H and O–H groups in total. The lowest BCUT2D eigenvalue weighted by Gasteiger charge is -2.34. The summed E-state index contributed by atoms with van der Waals surface area (Å²) in [6.45, 7) is 5.60. The Morgan fingerprint density at radius 2 is 1.94 bits per heavy atom. The zero-order valence-corrected chi connectivity index (χ0v) is 18.7.